The maximum atomic E-state index is 10.0. The molecule has 0 rings (SSSR count). The Labute approximate surface area is 75.9 Å². The molecule has 0 aliphatic carbocycles. The third-order valence-electron chi connectivity index (χ3n) is 1.92. The van der Waals surface area contributed by atoms with Crippen LogP contribution in [0.1, 0.15) is 46.5 Å². The summed E-state index contributed by atoms with van der Waals surface area (Å²) in [6, 6.07) is 0. The van der Waals surface area contributed by atoms with E-state index < -0.39 is 0 Å². The molecule has 12 heavy (non-hydrogen) atoms. The van der Waals surface area contributed by atoms with Crippen LogP contribution >= 0.6 is 0 Å². The second-order valence-electron chi connectivity index (χ2n) is 3.74. The van der Waals surface area contributed by atoms with Crippen molar-refractivity contribution < 1.29 is 4.79 Å². The molecule has 1 heteroatoms. The summed E-state index contributed by atoms with van der Waals surface area (Å²) in [5, 5.41) is 0. The lowest BCUT2D eigenvalue weighted by atomic mass is 10.0. The quantitative estimate of drug-likeness (QED) is 0.439. The van der Waals surface area contributed by atoms with Crippen LogP contribution in [-0.4, -0.2) is 6.29 Å². The van der Waals surface area contributed by atoms with Crippen molar-refractivity contribution >= 4 is 6.29 Å². The molecule has 1 nitrogen and oxygen atoms in total. The van der Waals surface area contributed by atoms with Crippen LogP contribution in [0.15, 0.2) is 11.6 Å². The minimum atomic E-state index is 0.577. The van der Waals surface area contributed by atoms with Gasteiger partial charge in [-0.1, -0.05) is 31.9 Å². The second-order valence-corrected chi connectivity index (χ2v) is 3.74. The Morgan fingerprint density at radius 1 is 1.42 bits per heavy atom. The molecule has 0 spiro atoms. The highest BCUT2D eigenvalue weighted by Gasteiger charge is 1.94. The zero-order valence-electron chi connectivity index (χ0n) is 8.47. The number of aldehydes is 1. The summed E-state index contributed by atoms with van der Waals surface area (Å²) in [6.45, 7) is 6.58. The average Bonchev–Trinajstić information content (AvgIpc) is 2.00. The van der Waals surface area contributed by atoms with Crippen molar-refractivity contribution in [1.82, 2.24) is 0 Å². The zero-order valence-corrected chi connectivity index (χ0v) is 8.47. The third kappa shape index (κ3) is 7.52. The molecule has 0 atom stereocenters. The number of allylic oxidation sites excluding steroid dienone is 2. The number of carbonyl (C=O) groups excluding carboxylic acids is 1. The maximum Gasteiger partial charge on any atom is 0.123 e. The first-order chi connectivity index (χ1) is 5.66. The fraction of sp³-hybridized carbons (Fsp3) is 0.727. The van der Waals surface area contributed by atoms with Gasteiger partial charge in [-0.05, 0) is 25.7 Å². The van der Waals surface area contributed by atoms with E-state index in [1.54, 1.807) is 0 Å². The smallest absolute Gasteiger partial charge is 0.123 e. The second kappa shape index (κ2) is 7.08. The van der Waals surface area contributed by atoms with E-state index in [0.717, 1.165) is 18.6 Å². The van der Waals surface area contributed by atoms with Gasteiger partial charge in [0.1, 0.15) is 6.29 Å². The predicted molar refractivity (Wildman–Crippen MR) is 53.1 cm³/mol. The topological polar surface area (TPSA) is 17.1 Å². The fourth-order valence-corrected chi connectivity index (χ4v) is 1.14. The normalized spacial score (nSPS) is 12.2. The standard InChI is InChI=1S/C11H20O/c1-10(2)6-4-7-11(3)8-5-9-12/h8-10H,4-7H2,1-3H3. The Balaban J connectivity index is 3.42. The third-order valence-corrected chi connectivity index (χ3v) is 1.92. The molecule has 0 aromatic carbocycles. The molecule has 0 N–H and O–H groups in total. The molecule has 0 aliphatic heterocycles. The maximum absolute atomic E-state index is 10.0. The van der Waals surface area contributed by atoms with Crippen LogP contribution < -0.4 is 0 Å². The van der Waals surface area contributed by atoms with Gasteiger partial charge < -0.3 is 4.79 Å². The van der Waals surface area contributed by atoms with Gasteiger partial charge in [0, 0.05) is 6.42 Å². The zero-order chi connectivity index (χ0) is 9.40. The Kier molecular flexibility index (Phi) is 6.73. The number of carbonyl (C=O) groups is 1. The summed E-state index contributed by atoms with van der Waals surface area (Å²) >= 11 is 0. The number of hydrogen-bond acceptors (Lipinski definition) is 1. The highest BCUT2D eigenvalue weighted by atomic mass is 16.1. The molecule has 70 valence electrons. The lowest BCUT2D eigenvalue weighted by Gasteiger charge is -2.03. The molecule has 0 aliphatic rings. The average molecular weight is 168 g/mol. The van der Waals surface area contributed by atoms with Crippen LogP contribution in [0.25, 0.3) is 0 Å². The summed E-state index contributed by atoms with van der Waals surface area (Å²) in [5.41, 5.74) is 1.35. The van der Waals surface area contributed by atoms with Gasteiger partial charge in [0.25, 0.3) is 0 Å². The summed E-state index contributed by atoms with van der Waals surface area (Å²) < 4.78 is 0. The van der Waals surface area contributed by atoms with E-state index in [2.05, 4.69) is 20.8 Å². The van der Waals surface area contributed by atoms with Gasteiger partial charge >= 0.3 is 0 Å². The molecule has 0 heterocycles. The highest BCUT2D eigenvalue weighted by molar-refractivity contribution is 5.52. The Hall–Kier alpha value is -0.590. The Bertz CT molecular complexity index is 145. The van der Waals surface area contributed by atoms with Crippen LogP contribution in [0.5, 0.6) is 0 Å². The summed E-state index contributed by atoms with van der Waals surface area (Å²) in [5.74, 6) is 0.795. The van der Waals surface area contributed by atoms with Gasteiger partial charge in [0.2, 0.25) is 0 Å². The van der Waals surface area contributed by atoms with E-state index in [9.17, 15) is 4.79 Å². The molecule has 0 unspecified atom stereocenters. The molecule has 0 saturated heterocycles. The predicted octanol–water partition coefficient (Wildman–Crippen LogP) is 3.35. The molecule has 0 aromatic heterocycles. The van der Waals surface area contributed by atoms with E-state index in [4.69, 9.17) is 0 Å². The first-order valence-electron chi connectivity index (χ1n) is 4.76. The van der Waals surface area contributed by atoms with Crippen molar-refractivity contribution in [2.45, 2.75) is 46.5 Å². The molecule has 0 aromatic rings. The van der Waals surface area contributed by atoms with Crippen LogP contribution in [-0.2, 0) is 4.79 Å². The van der Waals surface area contributed by atoms with Gasteiger partial charge in [-0.15, -0.1) is 0 Å². The number of rotatable bonds is 6. The molecule has 0 fully saturated rings. The van der Waals surface area contributed by atoms with Gasteiger partial charge in [-0.3, -0.25) is 0 Å². The van der Waals surface area contributed by atoms with E-state index in [1.807, 2.05) is 6.08 Å². The lowest BCUT2D eigenvalue weighted by molar-refractivity contribution is -0.107. The van der Waals surface area contributed by atoms with Gasteiger partial charge in [0.05, 0.1) is 0 Å². The van der Waals surface area contributed by atoms with Crippen molar-refractivity contribution in [3.05, 3.63) is 11.6 Å². The van der Waals surface area contributed by atoms with Crippen LogP contribution in [0, 0.1) is 5.92 Å². The van der Waals surface area contributed by atoms with Crippen molar-refractivity contribution in [1.29, 1.82) is 0 Å². The molecule has 0 amide bonds. The van der Waals surface area contributed by atoms with Crippen LogP contribution in [0.2, 0.25) is 0 Å². The summed E-state index contributed by atoms with van der Waals surface area (Å²) in [7, 11) is 0. The van der Waals surface area contributed by atoms with E-state index in [1.165, 1.54) is 18.4 Å². The van der Waals surface area contributed by atoms with E-state index in [-0.39, 0.29) is 0 Å². The first kappa shape index (κ1) is 11.4. The molecular formula is C11H20O. The monoisotopic (exact) mass is 168 g/mol. The minimum absolute atomic E-state index is 0.577. The SMILES string of the molecule is CC(=CCC=O)CCCC(C)C. The van der Waals surface area contributed by atoms with E-state index >= 15 is 0 Å². The lowest BCUT2D eigenvalue weighted by Crippen LogP contribution is -1.87. The minimum Gasteiger partial charge on any atom is -0.303 e. The van der Waals surface area contributed by atoms with Crippen molar-refractivity contribution in [3.8, 4) is 0 Å². The fourth-order valence-electron chi connectivity index (χ4n) is 1.14. The molecule has 0 bridgehead atoms. The van der Waals surface area contributed by atoms with Gasteiger partial charge in [0.15, 0.2) is 0 Å². The van der Waals surface area contributed by atoms with Crippen molar-refractivity contribution in [2.75, 3.05) is 0 Å². The van der Waals surface area contributed by atoms with E-state index in [0.29, 0.717) is 6.42 Å². The van der Waals surface area contributed by atoms with Gasteiger partial charge in [-0.25, -0.2) is 0 Å². The van der Waals surface area contributed by atoms with Crippen molar-refractivity contribution in [2.24, 2.45) is 5.92 Å². The molecular weight excluding hydrogens is 148 g/mol. The largest absolute Gasteiger partial charge is 0.303 e. The van der Waals surface area contributed by atoms with Crippen molar-refractivity contribution in [3.63, 3.8) is 0 Å². The molecule has 0 saturated carbocycles. The number of hydrogen-bond donors (Lipinski definition) is 0. The molecule has 0 radical (unpaired) electrons. The first-order valence-corrected chi connectivity index (χ1v) is 4.76. The summed E-state index contributed by atoms with van der Waals surface area (Å²) in [6.07, 6.45) is 7.23. The summed E-state index contributed by atoms with van der Waals surface area (Å²) in [4.78, 5) is 10.0. The van der Waals surface area contributed by atoms with Crippen LogP contribution in [0.3, 0.4) is 0 Å². The van der Waals surface area contributed by atoms with Crippen LogP contribution in [0.4, 0.5) is 0 Å². The highest BCUT2D eigenvalue weighted by Crippen LogP contribution is 2.11. The Morgan fingerprint density at radius 2 is 2.08 bits per heavy atom. The Morgan fingerprint density at radius 3 is 2.58 bits per heavy atom. The van der Waals surface area contributed by atoms with Gasteiger partial charge in [-0.2, -0.15) is 0 Å².